The monoisotopic (exact) mass is 247 g/mol. The predicted octanol–water partition coefficient (Wildman–Crippen LogP) is 0.525. The zero-order valence-electron chi connectivity index (χ0n) is 7.94. The number of carboxylic acids is 1. The Labute approximate surface area is 93.7 Å². The summed E-state index contributed by atoms with van der Waals surface area (Å²) in [5.74, 6) is -1.25. The van der Waals surface area contributed by atoms with E-state index in [2.05, 4.69) is 0 Å². The van der Waals surface area contributed by atoms with Crippen molar-refractivity contribution in [2.45, 2.75) is 18.6 Å². The van der Waals surface area contributed by atoms with E-state index >= 15 is 0 Å². The number of aliphatic carboxylic acids is 1. The van der Waals surface area contributed by atoms with Crippen LogP contribution in [0.5, 0.6) is 0 Å². The molecule has 0 saturated carbocycles. The highest BCUT2D eigenvalue weighted by Gasteiger charge is 2.24. The Morgan fingerprint density at radius 2 is 2.12 bits per heavy atom. The minimum Gasteiger partial charge on any atom is -0.481 e. The minimum atomic E-state index is -1.48. The average Bonchev–Trinajstić information content (AvgIpc) is 2.64. The molecule has 0 amide bonds. The standard InChI is InChI=1S/C8H9NO6S/c10-4(3-7(11)12)8(13)5-1-2-6(16-5)9(14)15/h1-2,4,8,10,13H,3H2,(H,11,12). The van der Waals surface area contributed by atoms with Crippen molar-refractivity contribution in [3.8, 4) is 0 Å². The zero-order valence-corrected chi connectivity index (χ0v) is 8.75. The number of thiophene rings is 1. The first-order chi connectivity index (χ1) is 7.41. The lowest BCUT2D eigenvalue weighted by atomic mass is 10.1. The van der Waals surface area contributed by atoms with Crippen molar-refractivity contribution in [2.75, 3.05) is 0 Å². The normalized spacial score (nSPS) is 14.4. The number of aliphatic hydroxyl groups is 2. The Hall–Kier alpha value is -1.51. The average molecular weight is 247 g/mol. The van der Waals surface area contributed by atoms with Gasteiger partial charge in [0.1, 0.15) is 6.10 Å². The van der Waals surface area contributed by atoms with Crippen LogP contribution in [0.4, 0.5) is 5.00 Å². The molecule has 0 bridgehead atoms. The molecule has 0 aliphatic carbocycles. The number of hydrogen-bond acceptors (Lipinski definition) is 6. The Bertz CT molecular complexity index is 403. The smallest absolute Gasteiger partial charge is 0.324 e. The van der Waals surface area contributed by atoms with Crippen LogP contribution < -0.4 is 0 Å². The van der Waals surface area contributed by atoms with E-state index < -0.39 is 29.5 Å². The number of carbonyl (C=O) groups is 1. The summed E-state index contributed by atoms with van der Waals surface area (Å²) in [5.41, 5.74) is 0. The third-order valence-electron chi connectivity index (χ3n) is 1.83. The van der Waals surface area contributed by atoms with E-state index in [-0.39, 0.29) is 9.88 Å². The van der Waals surface area contributed by atoms with Crippen LogP contribution in [0.1, 0.15) is 17.4 Å². The van der Waals surface area contributed by atoms with Crippen LogP contribution in [-0.4, -0.2) is 32.3 Å². The summed E-state index contributed by atoms with van der Waals surface area (Å²) in [6.45, 7) is 0. The summed E-state index contributed by atoms with van der Waals surface area (Å²) in [7, 11) is 0. The number of carboxylic acid groups (broad SMARTS) is 1. The Morgan fingerprint density at radius 3 is 2.56 bits per heavy atom. The van der Waals surface area contributed by atoms with Crippen LogP contribution in [-0.2, 0) is 4.79 Å². The second kappa shape index (κ2) is 5.01. The van der Waals surface area contributed by atoms with Crippen molar-refractivity contribution < 1.29 is 25.0 Å². The largest absolute Gasteiger partial charge is 0.481 e. The highest BCUT2D eigenvalue weighted by molar-refractivity contribution is 7.15. The molecule has 0 fully saturated rings. The van der Waals surface area contributed by atoms with Gasteiger partial charge in [0.2, 0.25) is 0 Å². The van der Waals surface area contributed by atoms with Crippen LogP contribution in [0.25, 0.3) is 0 Å². The molecule has 0 aromatic carbocycles. The highest BCUT2D eigenvalue weighted by Crippen LogP contribution is 2.30. The lowest BCUT2D eigenvalue weighted by Crippen LogP contribution is -2.20. The predicted molar refractivity (Wildman–Crippen MR) is 54.2 cm³/mol. The summed E-state index contributed by atoms with van der Waals surface area (Å²) in [6.07, 6.45) is -3.52. The van der Waals surface area contributed by atoms with Gasteiger partial charge in [-0.25, -0.2) is 0 Å². The molecule has 3 N–H and O–H groups in total. The van der Waals surface area contributed by atoms with E-state index in [1.165, 1.54) is 12.1 Å². The van der Waals surface area contributed by atoms with Gasteiger partial charge in [-0.05, 0) is 6.07 Å². The molecule has 1 aromatic heterocycles. The zero-order chi connectivity index (χ0) is 12.3. The molecule has 0 saturated heterocycles. The molecular weight excluding hydrogens is 238 g/mol. The van der Waals surface area contributed by atoms with Crippen molar-refractivity contribution in [2.24, 2.45) is 0 Å². The summed E-state index contributed by atoms with van der Waals surface area (Å²) < 4.78 is 0. The Balaban J connectivity index is 2.75. The second-order valence-corrected chi connectivity index (χ2v) is 4.14. The van der Waals surface area contributed by atoms with Crippen LogP contribution in [0.2, 0.25) is 0 Å². The Morgan fingerprint density at radius 1 is 1.50 bits per heavy atom. The summed E-state index contributed by atoms with van der Waals surface area (Å²) in [5, 5.41) is 37.4. The number of aliphatic hydroxyl groups excluding tert-OH is 2. The fraction of sp³-hybridized carbons (Fsp3) is 0.375. The van der Waals surface area contributed by atoms with E-state index in [1.54, 1.807) is 0 Å². The summed E-state index contributed by atoms with van der Waals surface area (Å²) >= 11 is 0.702. The summed E-state index contributed by atoms with van der Waals surface area (Å²) in [6, 6.07) is 2.48. The molecule has 0 aliphatic heterocycles. The van der Waals surface area contributed by atoms with Crippen molar-refractivity contribution in [1.82, 2.24) is 0 Å². The molecule has 2 atom stereocenters. The van der Waals surface area contributed by atoms with Gasteiger partial charge in [-0.1, -0.05) is 11.3 Å². The number of rotatable bonds is 5. The van der Waals surface area contributed by atoms with E-state index in [0.717, 1.165) is 0 Å². The van der Waals surface area contributed by atoms with Crippen LogP contribution in [0.15, 0.2) is 12.1 Å². The fourth-order valence-electron chi connectivity index (χ4n) is 1.08. The van der Waals surface area contributed by atoms with Gasteiger partial charge in [-0.15, -0.1) is 0 Å². The third-order valence-corrected chi connectivity index (χ3v) is 2.94. The second-order valence-electron chi connectivity index (χ2n) is 3.04. The van der Waals surface area contributed by atoms with Crippen molar-refractivity contribution in [3.05, 3.63) is 27.1 Å². The molecule has 16 heavy (non-hydrogen) atoms. The molecule has 8 heteroatoms. The van der Waals surface area contributed by atoms with Gasteiger partial charge in [0, 0.05) is 10.9 Å². The van der Waals surface area contributed by atoms with Gasteiger partial charge in [-0.2, -0.15) is 0 Å². The quantitative estimate of drug-likeness (QED) is 0.515. The van der Waals surface area contributed by atoms with E-state index in [1.807, 2.05) is 0 Å². The molecule has 1 rings (SSSR count). The van der Waals surface area contributed by atoms with Gasteiger partial charge < -0.3 is 15.3 Å². The molecule has 7 nitrogen and oxygen atoms in total. The molecule has 1 heterocycles. The van der Waals surface area contributed by atoms with E-state index in [0.29, 0.717) is 11.3 Å². The first-order valence-corrected chi connectivity index (χ1v) is 5.05. The SMILES string of the molecule is O=C(O)CC(O)C(O)c1ccc([N+](=O)[O-])s1. The highest BCUT2D eigenvalue weighted by atomic mass is 32.1. The van der Waals surface area contributed by atoms with E-state index in [4.69, 9.17) is 5.11 Å². The lowest BCUT2D eigenvalue weighted by molar-refractivity contribution is -0.380. The molecule has 0 spiro atoms. The third kappa shape index (κ3) is 2.99. The van der Waals surface area contributed by atoms with Crippen molar-refractivity contribution >= 4 is 22.3 Å². The van der Waals surface area contributed by atoms with Gasteiger partial charge in [-0.3, -0.25) is 14.9 Å². The number of nitro groups is 1. The maximum atomic E-state index is 10.4. The number of nitrogens with zero attached hydrogens (tertiary/aromatic N) is 1. The molecule has 0 aliphatic rings. The number of hydrogen-bond donors (Lipinski definition) is 3. The van der Waals surface area contributed by atoms with Crippen molar-refractivity contribution in [1.29, 1.82) is 0 Å². The topological polar surface area (TPSA) is 121 Å². The molecule has 0 radical (unpaired) electrons. The fourth-order valence-corrected chi connectivity index (χ4v) is 1.95. The van der Waals surface area contributed by atoms with Gasteiger partial charge in [0.15, 0.2) is 0 Å². The van der Waals surface area contributed by atoms with Crippen molar-refractivity contribution in [3.63, 3.8) is 0 Å². The maximum Gasteiger partial charge on any atom is 0.324 e. The molecule has 88 valence electrons. The summed E-state index contributed by atoms with van der Waals surface area (Å²) in [4.78, 5) is 20.2. The molecule has 1 aromatic rings. The minimum absolute atomic E-state index is 0.167. The van der Waals surface area contributed by atoms with Crippen LogP contribution >= 0.6 is 11.3 Å². The maximum absolute atomic E-state index is 10.4. The Kier molecular flexibility index (Phi) is 3.93. The van der Waals surface area contributed by atoms with Gasteiger partial charge in [0.25, 0.3) is 0 Å². The first kappa shape index (κ1) is 12.6. The molecule has 2 unspecified atom stereocenters. The molecular formula is C8H9NO6S. The van der Waals surface area contributed by atoms with Crippen LogP contribution in [0.3, 0.4) is 0 Å². The van der Waals surface area contributed by atoms with Crippen LogP contribution in [0, 0.1) is 10.1 Å². The first-order valence-electron chi connectivity index (χ1n) is 4.24. The lowest BCUT2D eigenvalue weighted by Gasteiger charge is -2.13. The van der Waals surface area contributed by atoms with Gasteiger partial charge in [0.05, 0.1) is 17.4 Å². The van der Waals surface area contributed by atoms with Gasteiger partial charge >= 0.3 is 11.0 Å². The van der Waals surface area contributed by atoms with E-state index in [9.17, 15) is 25.1 Å².